The van der Waals surface area contributed by atoms with Gasteiger partial charge in [0.1, 0.15) is 0 Å². The smallest absolute Gasteiger partial charge is 0.305 e. The summed E-state index contributed by atoms with van der Waals surface area (Å²) in [5, 5.41) is 0. The molecule has 5 nitrogen and oxygen atoms in total. The molecular weight excluding hydrogens is 258 g/mol. The number of ether oxygens (including phenoxy) is 2. The summed E-state index contributed by atoms with van der Waals surface area (Å²) in [5.41, 5.74) is 1.93. The summed E-state index contributed by atoms with van der Waals surface area (Å²) in [4.78, 5) is 25.1. The van der Waals surface area contributed by atoms with Gasteiger partial charge in [-0.1, -0.05) is 18.2 Å². The molecule has 0 N–H and O–H groups in total. The minimum absolute atomic E-state index is 0.0202. The lowest BCUT2D eigenvalue weighted by Crippen LogP contribution is -2.33. The van der Waals surface area contributed by atoms with Gasteiger partial charge in [0.2, 0.25) is 5.91 Å². The minimum Gasteiger partial charge on any atom is -0.469 e. The number of carbonyl (C=O) groups is 2. The first-order chi connectivity index (χ1) is 9.72. The van der Waals surface area contributed by atoms with Gasteiger partial charge < -0.3 is 14.4 Å². The van der Waals surface area contributed by atoms with E-state index in [1.165, 1.54) is 7.11 Å². The van der Waals surface area contributed by atoms with Crippen molar-refractivity contribution in [2.75, 3.05) is 25.2 Å². The lowest BCUT2D eigenvalue weighted by Gasteiger charge is -2.22. The number of methoxy groups -OCH3 is 1. The third-order valence-electron chi connectivity index (χ3n) is 3.30. The number of hydrogen-bond donors (Lipinski definition) is 0. The molecule has 1 aliphatic heterocycles. The highest BCUT2D eigenvalue weighted by atomic mass is 16.5. The molecule has 0 atom stereocenters. The summed E-state index contributed by atoms with van der Waals surface area (Å²) in [6.07, 6.45) is 1.11. The molecule has 2 rings (SSSR count). The third-order valence-corrected chi connectivity index (χ3v) is 3.30. The summed E-state index contributed by atoms with van der Waals surface area (Å²) >= 11 is 0. The Balaban J connectivity index is 2.00. The van der Waals surface area contributed by atoms with Crippen molar-refractivity contribution in [3.8, 4) is 0 Å². The summed E-state index contributed by atoms with van der Waals surface area (Å²) in [6.45, 7) is 1.60. The van der Waals surface area contributed by atoms with E-state index in [1.54, 1.807) is 4.90 Å². The van der Waals surface area contributed by atoms with Crippen LogP contribution in [0.5, 0.6) is 0 Å². The quantitative estimate of drug-likeness (QED) is 0.789. The second-order valence-electron chi connectivity index (χ2n) is 4.66. The average molecular weight is 277 g/mol. The van der Waals surface area contributed by atoms with Crippen LogP contribution in [0.15, 0.2) is 24.3 Å². The van der Waals surface area contributed by atoms with Crippen LogP contribution in [0, 0.1) is 0 Å². The van der Waals surface area contributed by atoms with Crippen LogP contribution < -0.4 is 4.90 Å². The molecule has 0 saturated heterocycles. The van der Waals surface area contributed by atoms with Crippen molar-refractivity contribution in [2.24, 2.45) is 0 Å². The van der Waals surface area contributed by atoms with Gasteiger partial charge in [-0.05, 0) is 12.5 Å². The van der Waals surface area contributed by atoms with Crippen molar-refractivity contribution < 1.29 is 19.1 Å². The molecule has 1 amide bonds. The molecule has 0 aromatic heterocycles. The maximum absolute atomic E-state index is 12.3. The van der Waals surface area contributed by atoms with Crippen LogP contribution in [0.25, 0.3) is 0 Å². The highest BCUT2D eigenvalue weighted by Crippen LogP contribution is 2.24. The van der Waals surface area contributed by atoms with Gasteiger partial charge in [-0.2, -0.15) is 0 Å². The second-order valence-corrected chi connectivity index (χ2v) is 4.66. The normalized spacial score (nSPS) is 14.3. The van der Waals surface area contributed by atoms with Crippen molar-refractivity contribution in [2.45, 2.75) is 25.9 Å². The standard InChI is InChI=1S/C15H19NO4/c1-19-15(18)8-4-7-14(17)16-9-10-20-11-12-5-2-3-6-13(12)16/h2-3,5-6H,4,7-11H2,1H3. The van der Waals surface area contributed by atoms with Gasteiger partial charge in [-0.3, -0.25) is 9.59 Å². The van der Waals surface area contributed by atoms with E-state index in [0.29, 0.717) is 32.6 Å². The highest BCUT2D eigenvalue weighted by Gasteiger charge is 2.20. The molecular formula is C15H19NO4. The van der Waals surface area contributed by atoms with Gasteiger partial charge in [0.25, 0.3) is 0 Å². The van der Waals surface area contributed by atoms with Gasteiger partial charge in [0, 0.05) is 30.6 Å². The van der Waals surface area contributed by atoms with Gasteiger partial charge in [0.05, 0.1) is 20.3 Å². The molecule has 20 heavy (non-hydrogen) atoms. The first-order valence-corrected chi connectivity index (χ1v) is 6.75. The molecule has 1 aliphatic rings. The van der Waals surface area contributed by atoms with Crippen molar-refractivity contribution in [3.63, 3.8) is 0 Å². The highest BCUT2D eigenvalue weighted by molar-refractivity contribution is 5.94. The van der Waals surface area contributed by atoms with Gasteiger partial charge in [-0.25, -0.2) is 0 Å². The van der Waals surface area contributed by atoms with Crippen LogP contribution in [0.1, 0.15) is 24.8 Å². The zero-order chi connectivity index (χ0) is 14.4. The Kier molecular flexibility index (Phi) is 5.12. The Morgan fingerprint density at radius 2 is 2.10 bits per heavy atom. The summed E-state index contributed by atoms with van der Waals surface area (Å²) in [7, 11) is 1.35. The van der Waals surface area contributed by atoms with E-state index in [2.05, 4.69) is 4.74 Å². The summed E-state index contributed by atoms with van der Waals surface area (Å²) in [5.74, 6) is -0.260. The number of para-hydroxylation sites is 1. The number of amides is 1. The molecule has 0 bridgehead atoms. The molecule has 0 fully saturated rings. The van der Waals surface area contributed by atoms with E-state index in [-0.39, 0.29) is 18.3 Å². The first-order valence-electron chi connectivity index (χ1n) is 6.75. The van der Waals surface area contributed by atoms with E-state index in [1.807, 2.05) is 24.3 Å². The van der Waals surface area contributed by atoms with E-state index in [0.717, 1.165) is 11.3 Å². The fourth-order valence-corrected chi connectivity index (χ4v) is 2.23. The van der Waals surface area contributed by atoms with E-state index in [4.69, 9.17) is 4.74 Å². The topological polar surface area (TPSA) is 55.8 Å². The Morgan fingerprint density at radius 3 is 2.90 bits per heavy atom. The van der Waals surface area contributed by atoms with Crippen LogP contribution >= 0.6 is 0 Å². The minimum atomic E-state index is -0.280. The average Bonchev–Trinajstić information content (AvgIpc) is 2.69. The lowest BCUT2D eigenvalue weighted by molar-refractivity contribution is -0.140. The van der Waals surface area contributed by atoms with Gasteiger partial charge in [0.15, 0.2) is 0 Å². The van der Waals surface area contributed by atoms with Crippen LogP contribution in [-0.2, 0) is 25.7 Å². The Bertz CT molecular complexity index is 487. The predicted octanol–water partition coefficient (Wildman–Crippen LogP) is 1.89. The van der Waals surface area contributed by atoms with Crippen LogP contribution in [0.3, 0.4) is 0 Å². The van der Waals surface area contributed by atoms with Crippen molar-refractivity contribution in [1.29, 1.82) is 0 Å². The molecule has 1 aromatic carbocycles. The second kappa shape index (κ2) is 7.05. The molecule has 0 radical (unpaired) electrons. The van der Waals surface area contributed by atoms with E-state index < -0.39 is 0 Å². The van der Waals surface area contributed by atoms with E-state index >= 15 is 0 Å². The number of hydrogen-bond acceptors (Lipinski definition) is 4. The molecule has 1 aromatic rings. The molecule has 0 unspecified atom stereocenters. The Labute approximate surface area is 118 Å². The zero-order valence-corrected chi connectivity index (χ0v) is 11.6. The van der Waals surface area contributed by atoms with Crippen LogP contribution in [-0.4, -0.2) is 32.1 Å². The third kappa shape index (κ3) is 3.57. The molecule has 108 valence electrons. The van der Waals surface area contributed by atoms with Crippen molar-refractivity contribution in [1.82, 2.24) is 0 Å². The van der Waals surface area contributed by atoms with E-state index in [9.17, 15) is 9.59 Å². The number of rotatable bonds is 4. The first kappa shape index (κ1) is 14.5. The summed E-state index contributed by atoms with van der Waals surface area (Å²) < 4.78 is 10.1. The fourth-order valence-electron chi connectivity index (χ4n) is 2.23. The largest absolute Gasteiger partial charge is 0.469 e. The molecule has 1 heterocycles. The zero-order valence-electron chi connectivity index (χ0n) is 11.6. The summed E-state index contributed by atoms with van der Waals surface area (Å²) in [6, 6.07) is 7.75. The van der Waals surface area contributed by atoms with Gasteiger partial charge in [-0.15, -0.1) is 0 Å². The van der Waals surface area contributed by atoms with Gasteiger partial charge >= 0.3 is 5.97 Å². The Hall–Kier alpha value is -1.88. The lowest BCUT2D eigenvalue weighted by atomic mass is 10.1. The molecule has 5 heteroatoms. The number of esters is 1. The fraction of sp³-hybridized carbons (Fsp3) is 0.467. The van der Waals surface area contributed by atoms with Crippen molar-refractivity contribution >= 4 is 17.6 Å². The molecule has 0 spiro atoms. The predicted molar refractivity (Wildman–Crippen MR) is 74.3 cm³/mol. The van der Waals surface area contributed by atoms with Crippen LogP contribution in [0.4, 0.5) is 5.69 Å². The maximum atomic E-state index is 12.3. The number of nitrogens with zero attached hydrogens (tertiary/aromatic N) is 1. The SMILES string of the molecule is COC(=O)CCCC(=O)N1CCOCc2ccccc21. The Morgan fingerprint density at radius 1 is 1.30 bits per heavy atom. The maximum Gasteiger partial charge on any atom is 0.305 e. The van der Waals surface area contributed by atoms with Crippen LogP contribution in [0.2, 0.25) is 0 Å². The molecule has 0 aliphatic carbocycles. The monoisotopic (exact) mass is 277 g/mol. The van der Waals surface area contributed by atoms with Crippen molar-refractivity contribution in [3.05, 3.63) is 29.8 Å². The number of carbonyl (C=O) groups excluding carboxylic acids is 2. The number of fused-ring (bicyclic) bond motifs is 1. The number of benzene rings is 1. The molecule has 0 saturated carbocycles. The number of anilines is 1.